The van der Waals surface area contributed by atoms with Gasteiger partial charge in [0.05, 0.1) is 0 Å². The van der Waals surface area contributed by atoms with Gasteiger partial charge in [0.1, 0.15) is 0 Å². The lowest BCUT2D eigenvalue weighted by Crippen LogP contribution is -2.35. The summed E-state index contributed by atoms with van der Waals surface area (Å²) in [4.78, 5) is 15.9. The van der Waals surface area contributed by atoms with E-state index in [2.05, 4.69) is 10.3 Å². The van der Waals surface area contributed by atoms with Gasteiger partial charge in [-0.25, -0.2) is 0 Å². The topological polar surface area (TPSA) is 42.0 Å². The normalized spacial score (nSPS) is 18.1. The van der Waals surface area contributed by atoms with Gasteiger partial charge in [-0.05, 0) is 25.0 Å². The number of hydrogen-bond acceptors (Lipinski definition) is 2. The fraction of sp³-hybridized carbons (Fsp3) is 0.571. The number of aromatic nitrogens is 1. The van der Waals surface area contributed by atoms with Crippen LogP contribution < -0.4 is 5.32 Å². The minimum Gasteiger partial charge on any atom is -0.349 e. The smallest absolute Gasteiger partial charge is 0.251 e. The number of nitrogens with zero attached hydrogens (tertiary/aromatic N) is 1. The lowest BCUT2D eigenvalue weighted by atomic mass is 9.96. The molecular weight excluding hydrogens is 212 g/mol. The average molecular weight is 232 g/mol. The van der Waals surface area contributed by atoms with Crippen LogP contribution in [0.3, 0.4) is 0 Å². The molecule has 0 unspecified atom stereocenters. The van der Waals surface area contributed by atoms with Crippen molar-refractivity contribution in [2.75, 3.05) is 0 Å². The maximum Gasteiger partial charge on any atom is 0.251 e. The fourth-order valence-electron chi connectivity index (χ4n) is 2.37. The summed E-state index contributed by atoms with van der Waals surface area (Å²) >= 11 is 0. The standard InChI is InChI=1S/C14H20N2O/c17-14(12-8-10-15-11-9-12)16-13-6-4-2-1-3-5-7-13/h8-11,13H,1-7H2,(H,16,17). The molecule has 1 aliphatic carbocycles. The highest BCUT2D eigenvalue weighted by Gasteiger charge is 2.14. The zero-order valence-electron chi connectivity index (χ0n) is 10.2. The van der Waals surface area contributed by atoms with Gasteiger partial charge in [0.15, 0.2) is 0 Å². The molecule has 1 amide bonds. The Morgan fingerprint density at radius 2 is 1.65 bits per heavy atom. The van der Waals surface area contributed by atoms with E-state index in [0.29, 0.717) is 11.6 Å². The van der Waals surface area contributed by atoms with Crippen molar-refractivity contribution in [1.82, 2.24) is 10.3 Å². The predicted molar refractivity (Wildman–Crippen MR) is 67.8 cm³/mol. The molecule has 1 aromatic rings. The van der Waals surface area contributed by atoms with E-state index in [-0.39, 0.29) is 5.91 Å². The summed E-state index contributed by atoms with van der Waals surface area (Å²) in [6.45, 7) is 0. The Morgan fingerprint density at radius 3 is 2.29 bits per heavy atom. The molecular formula is C14H20N2O. The quantitative estimate of drug-likeness (QED) is 0.851. The van der Waals surface area contributed by atoms with Crippen molar-refractivity contribution in [2.45, 2.75) is 51.0 Å². The highest BCUT2D eigenvalue weighted by molar-refractivity contribution is 5.94. The third kappa shape index (κ3) is 3.84. The van der Waals surface area contributed by atoms with Crippen LogP contribution in [0.15, 0.2) is 24.5 Å². The summed E-state index contributed by atoms with van der Waals surface area (Å²) in [5.41, 5.74) is 0.710. The van der Waals surface area contributed by atoms with Crippen LogP contribution >= 0.6 is 0 Å². The molecule has 1 aromatic heterocycles. The maximum atomic E-state index is 12.0. The summed E-state index contributed by atoms with van der Waals surface area (Å²) in [5.74, 6) is 0.0398. The average Bonchev–Trinajstić information content (AvgIpc) is 2.33. The van der Waals surface area contributed by atoms with Crippen molar-refractivity contribution in [3.63, 3.8) is 0 Å². The summed E-state index contributed by atoms with van der Waals surface area (Å²) in [7, 11) is 0. The first-order valence-electron chi connectivity index (χ1n) is 6.57. The highest BCUT2D eigenvalue weighted by atomic mass is 16.1. The second-order valence-electron chi connectivity index (χ2n) is 4.75. The van der Waals surface area contributed by atoms with Crippen molar-refractivity contribution < 1.29 is 4.79 Å². The van der Waals surface area contributed by atoms with Crippen LogP contribution in [0, 0.1) is 0 Å². The van der Waals surface area contributed by atoms with E-state index in [1.54, 1.807) is 24.5 Å². The summed E-state index contributed by atoms with van der Waals surface area (Å²) in [6, 6.07) is 3.88. The predicted octanol–water partition coefficient (Wildman–Crippen LogP) is 2.92. The number of pyridine rings is 1. The number of nitrogens with one attached hydrogen (secondary N) is 1. The van der Waals surface area contributed by atoms with Crippen LogP contribution in [0.5, 0.6) is 0 Å². The minimum atomic E-state index is 0.0398. The second kappa shape index (κ2) is 6.38. The molecule has 1 aliphatic rings. The Morgan fingerprint density at radius 1 is 1.06 bits per heavy atom. The zero-order chi connectivity index (χ0) is 11.9. The molecule has 3 nitrogen and oxygen atoms in total. The number of rotatable bonds is 2. The van der Waals surface area contributed by atoms with E-state index in [9.17, 15) is 4.79 Å². The van der Waals surface area contributed by atoms with Gasteiger partial charge in [0.2, 0.25) is 0 Å². The summed E-state index contributed by atoms with van der Waals surface area (Å²) in [6.07, 6.45) is 12.0. The highest BCUT2D eigenvalue weighted by Crippen LogP contribution is 2.17. The molecule has 0 aliphatic heterocycles. The lowest BCUT2D eigenvalue weighted by molar-refractivity contribution is 0.0930. The third-order valence-corrected chi connectivity index (χ3v) is 3.38. The van der Waals surface area contributed by atoms with Crippen LogP contribution in [-0.2, 0) is 0 Å². The molecule has 1 heterocycles. The van der Waals surface area contributed by atoms with Crippen molar-refractivity contribution >= 4 is 5.91 Å². The Bertz CT molecular complexity index is 342. The molecule has 0 bridgehead atoms. The molecule has 0 atom stereocenters. The van der Waals surface area contributed by atoms with Gasteiger partial charge in [0.25, 0.3) is 5.91 Å². The monoisotopic (exact) mass is 232 g/mol. The lowest BCUT2D eigenvalue weighted by Gasteiger charge is -2.20. The second-order valence-corrected chi connectivity index (χ2v) is 4.75. The van der Waals surface area contributed by atoms with E-state index in [1.165, 1.54) is 32.1 Å². The van der Waals surface area contributed by atoms with Crippen LogP contribution in [0.25, 0.3) is 0 Å². The number of carbonyl (C=O) groups excluding carboxylic acids is 1. The number of hydrogen-bond donors (Lipinski definition) is 1. The molecule has 0 spiro atoms. The van der Waals surface area contributed by atoms with Gasteiger partial charge in [-0.15, -0.1) is 0 Å². The molecule has 92 valence electrons. The van der Waals surface area contributed by atoms with E-state index >= 15 is 0 Å². The molecule has 3 heteroatoms. The zero-order valence-corrected chi connectivity index (χ0v) is 10.2. The van der Waals surface area contributed by atoms with Gasteiger partial charge in [-0.1, -0.05) is 32.1 Å². The SMILES string of the molecule is O=C(NC1CCCCCCC1)c1ccncc1. The molecule has 1 fully saturated rings. The first kappa shape index (κ1) is 12.1. The third-order valence-electron chi connectivity index (χ3n) is 3.38. The van der Waals surface area contributed by atoms with Crippen molar-refractivity contribution in [1.29, 1.82) is 0 Å². The van der Waals surface area contributed by atoms with Gasteiger partial charge in [-0.2, -0.15) is 0 Å². The Balaban J connectivity index is 1.88. The molecule has 0 aromatic carbocycles. The Kier molecular flexibility index (Phi) is 4.54. The molecule has 0 radical (unpaired) electrons. The van der Waals surface area contributed by atoms with Gasteiger partial charge in [0, 0.05) is 24.0 Å². The largest absolute Gasteiger partial charge is 0.349 e. The Hall–Kier alpha value is -1.38. The van der Waals surface area contributed by atoms with Gasteiger partial charge >= 0.3 is 0 Å². The van der Waals surface area contributed by atoms with Gasteiger partial charge < -0.3 is 5.32 Å². The molecule has 0 saturated heterocycles. The number of amides is 1. The first-order chi connectivity index (χ1) is 8.36. The number of carbonyl (C=O) groups is 1. The van der Waals surface area contributed by atoms with Crippen LogP contribution in [0.2, 0.25) is 0 Å². The molecule has 1 N–H and O–H groups in total. The van der Waals surface area contributed by atoms with E-state index in [4.69, 9.17) is 0 Å². The Labute approximate surface area is 103 Å². The summed E-state index contributed by atoms with van der Waals surface area (Å²) in [5, 5.41) is 3.14. The van der Waals surface area contributed by atoms with Crippen LogP contribution in [0.1, 0.15) is 55.3 Å². The first-order valence-corrected chi connectivity index (χ1v) is 6.57. The van der Waals surface area contributed by atoms with Crippen molar-refractivity contribution in [3.8, 4) is 0 Å². The maximum absolute atomic E-state index is 12.0. The van der Waals surface area contributed by atoms with E-state index < -0.39 is 0 Å². The van der Waals surface area contributed by atoms with Crippen LogP contribution in [-0.4, -0.2) is 16.9 Å². The van der Waals surface area contributed by atoms with Crippen molar-refractivity contribution in [3.05, 3.63) is 30.1 Å². The van der Waals surface area contributed by atoms with Crippen molar-refractivity contribution in [2.24, 2.45) is 0 Å². The molecule has 2 rings (SSSR count). The fourth-order valence-corrected chi connectivity index (χ4v) is 2.37. The van der Waals surface area contributed by atoms with Gasteiger partial charge in [-0.3, -0.25) is 9.78 Å². The minimum absolute atomic E-state index is 0.0398. The molecule has 1 saturated carbocycles. The summed E-state index contributed by atoms with van der Waals surface area (Å²) < 4.78 is 0. The van der Waals surface area contributed by atoms with E-state index in [0.717, 1.165) is 12.8 Å². The molecule has 17 heavy (non-hydrogen) atoms. The van der Waals surface area contributed by atoms with E-state index in [1.807, 2.05) is 0 Å². The van der Waals surface area contributed by atoms with Crippen LogP contribution in [0.4, 0.5) is 0 Å².